The van der Waals surface area contributed by atoms with Crippen LogP contribution in [-0.2, 0) is 0 Å². The zero-order chi connectivity index (χ0) is 10.6. The Hall–Kier alpha value is -1.03. The van der Waals surface area contributed by atoms with Crippen molar-refractivity contribution < 1.29 is 0 Å². The lowest BCUT2D eigenvalue weighted by atomic mass is 10.3. The number of anilines is 1. The zero-order valence-corrected chi connectivity index (χ0v) is 9.14. The summed E-state index contributed by atoms with van der Waals surface area (Å²) in [5.74, 6) is 0.545. The van der Waals surface area contributed by atoms with Crippen LogP contribution in [-0.4, -0.2) is 23.6 Å². The standard InChI is InChI=1S/C9H14ClN3O/c1-3-4-5-13(2)8-7(10)9(14)12-6-11-8/h6H,3-5H2,1-2H3,(H,11,12,14). The summed E-state index contributed by atoms with van der Waals surface area (Å²) in [6, 6.07) is 0. The van der Waals surface area contributed by atoms with Crippen molar-refractivity contribution in [2.24, 2.45) is 0 Å². The highest BCUT2D eigenvalue weighted by Crippen LogP contribution is 2.16. The Balaban J connectivity index is 2.84. The number of nitrogens with one attached hydrogen (secondary N) is 1. The van der Waals surface area contributed by atoms with Crippen LogP contribution in [0.4, 0.5) is 5.82 Å². The minimum absolute atomic E-state index is 0.158. The topological polar surface area (TPSA) is 49.0 Å². The molecule has 0 aliphatic carbocycles. The maximum Gasteiger partial charge on any atom is 0.271 e. The molecule has 78 valence electrons. The first-order chi connectivity index (χ1) is 6.66. The lowest BCUT2D eigenvalue weighted by molar-refractivity contribution is 0.757. The van der Waals surface area contributed by atoms with Crippen molar-refractivity contribution >= 4 is 17.4 Å². The molecule has 1 aromatic rings. The summed E-state index contributed by atoms with van der Waals surface area (Å²) in [7, 11) is 1.88. The number of H-pyrrole nitrogens is 1. The van der Waals surface area contributed by atoms with Gasteiger partial charge in [0.05, 0.1) is 6.33 Å². The smallest absolute Gasteiger partial charge is 0.271 e. The number of rotatable bonds is 4. The fourth-order valence-corrected chi connectivity index (χ4v) is 1.39. The average molecular weight is 216 g/mol. The summed E-state index contributed by atoms with van der Waals surface area (Å²) in [4.78, 5) is 19.5. The highest BCUT2D eigenvalue weighted by molar-refractivity contribution is 6.32. The van der Waals surface area contributed by atoms with E-state index in [0.29, 0.717) is 5.82 Å². The molecule has 4 nitrogen and oxygen atoms in total. The van der Waals surface area contributed by atoms with Crippen molar-refractivity contribution in [1.29, 1.82) is 0 Å². The first-order valence-corrected chi connectivity index (χ1v) is 4.99. The first-order valence-electron chi connectivity index (χ1n) is 4.61. The van der Waals surface area contributed by atoms with Crippen LogP contribution in [0.25, 0.3) is 0 Å². The predicted octanol–water partition coefficient (Wildman–Crippen LogP) is 1.66. The van der Waals surface area contributed by atoms with E-state index in [0.717, 1.165) is 19.4 Å². The van der Waals surface area contributed by atoms with Gasteiger partial charge in [-0.15, -0.1) is 0 Å². The summed E-state index contributed by atoms with van der Waals surface area (Å²) in [5.41, 5.74) is -0.292. The van der Waals surface area contributed by atoms with Crippen molar-refractivity contribution in [3.63, 3.8) is 0 Å². The Labute approximate surface area is 87.9 Å². The van der Waals surface area contributed by atoms with Gasteiger partial charge in [-0.3, -0.25) is 4.79 Å². The number of hydrogen-bond donors (Lipinski definition) is 1. The molecule has 1 heterocycles. The lowest BCUT2D eigenvalue weighted by Gasteiger charge is -2.17. The molecule has 0 bridgehead atoms. The summed E-state index contributed by atoms with van der Waals surface area (Å²) < 4.78 is 0. The number of aromatic nitrogens is 2. The van der Waals surface area contributed by atoms with Gasteiger partial charge in [-0.05, 0) is 6.42 Å². The number of halogens is 1. The largest absolute Gasteiger partial charge is 0.358 e. The molecular weight excluding hydrogens is 202 g/mol. The molecule has 0 fully saturated rings. The molecule has 0 saturated carbocycles. The van der Waals surface area contributed by atoms with Crippen LogP contribution in [0.5, 0.6) is 0 Å². The van der Waals surface area contributed by atoms with E-state index in [1.165, 1.54) is 6.33 Å². The normalized spacial score (nSPS) is 10.2. The predicted molar refractivity (Wildman–Crippen MR) is 58.0 cm³/mol. The van der Waals surface area contributed by atoms with E-state index in [2.05, 4.69) is 16.9 Å². The molecule has 0 atom stereocenters. The van der Waals surface area contributed by atoms with Crippen molar-refractivity contribution in [2.45, 2.75) is 19.8 Å². The van der Waals surface area contributed by atoms with Gasteiger partial charge in [-0.1, -0.05) is 24.9 Å². The monoisotopic (exact) mass is 215 g/mol. The number of hydrogen-bond acceptors (Lipinski definition) is 3. The van der Waals surface area contributed by atoms with Gasteiger partial charge in [0.1, 0.15) is 5.02 Å². The Kier molecular flexibility index (Phi) is 3.95. The number of aromatic amines is 1. The second-order valence-corrected chi connectivity index (χ2v) is 3.52. The second-order valence-electron chi connectivity index (χ2n) is 3.14. The number of unbranched alkanes of at least 4 members (excludes halogenated alkanes) is 1. The summed E-state index contributed by atoms with van der Waals surface area (Å²) in [6.45, 7) is 2.97. The van der Waals surface area contributed by atoms with Crippen LogP contribution >= 0.6 is 11.6 Å². The molecule has 1 N–H and O–H groups in total. The minimum atomic E-state index is -0.292. The molecular formula is C9H14ClN3O. The van der Waals surface area contributed by atoms with Crippen LogP contribution in [0.3, 0.4) is 0 Å². The van der Waals surface area contributed by atoms with E-state index in [4.69, 9.17) is 11.6 Å². The van der Waals surface area contributed by atoms with Gasteiger partial charge in [0.25, 0.3) is 5.56 Å². The van der Waals surface area contributed by atoms with Crippen molar-refractivity contribution in [3.05, 3.63) is 21.7 Å². The molecule has 14 heavy (non-hydrogen) atoms. The van der Waals surface area contributed by atoms with Gasteiger partial charge in [0.15, 0.2) is 5.82 Å². The van der Waals surface area contributed by atoms with Gasteiger partial charge in [-0.2, -0.15) is 0 Å². The van der Waals surface area contributed by atoms with E-state index in [-0.39, 0.29) is 10.6 Å². The van der Waals surface area contributed by atoms with E-state index in [1.54, 1.807) is 0 Å². The summed E-state index contributed by atoms with van der Waals surface area (Å²) in [6.07, 6.45) is 3.53. The SMILES string of the molecule is CCCCN(C)c1nc[nH]c(=O)c1Cl. The van der Waals surface area contributed by atoms with Crippen molar-refractivity contribution in [2.75, 3.05) is 18.5 Å². The molecule has 0 unspecified atom stereocenters. The quantitative estimate of drug-likeness (QED) is 0.831. The van der Waals surface area contributed by atoms with E-state index in [1.807, 2.05) is 11.9 Å². The molecule has 0 aliphatic rings. The van der Waals surface area contributed by atoms with Gasteiger partial charge >= 0.3 is 0 Å². The van der Waals surface area contributed by atoms with Crippen molar-refractivity contribution in [3.8, 4) is 0 Å². The van der Waals surface area contributed by atoms with Crippen LogP contribution in [0.2, 0.25) is 5.02 Å². The van der Waals surface area contributed by atoms with Crippen LogP contribution in [0.15, 0.2) is 11.1 Å². The lowest BCUT2D eigenvalue weighted by Crippen LogP contribution is -2.23. The first kappa shape index (κ1) is 11.0. The fraction of sp³-hybridized carbons (Fsp3) is 0.556. The van der Waals surface area contributed by atoms with E-state index in [9.17, 15) is 4.79 Å². The molecule has 1 rings (SSSR count). The molecule has 0 radical (unpaired) electrons. The third kappa shape index (κ3) is 2.48. The minimum Gasteiger partial charge on any atom is -0.358 e. The van der Waals surface area contributed by atoms with Gasteiger partial charge in [0, 0.05) is 13.6 Å². The van der Waals surface area contributed by atoms with Gasteiger partial charge in [0.2, 0.25) is 0 Å². The van der Waals surface area contributed by atoms with E-state index < -0.39 is 0 Å². The molecule has 0 saturated heterocycles. The highest BCUT2D eigenvalue weighted by Gasteiger charge is 2.09. The molecule has 5 heteroatoms. The zero-order valence-electron chi connectivity index (χ0n) is 8.38. The third-order valence-corrected chi connectivity index (χ3v) is 2.33. The Morgan fingerprint density at radius 1 is 1.64 bits per heavy atom. The van der Waals surface area contributed by atoms with Gasteiger partial charge < -0.3 is 9.88 Å². The Morgan fingerprint density at radius 2 is 2.36 bits per heavy atom. The molecule has 0 spiro atoms. The third-order valence-electron chi connectivity index (χ3n) is 1.99. The van der Waals surface area contributed by atoms with Gasteiger partial charge in [-0.25, -0.2) is 4.98 Å². The Morgan fingerprint density at radius 3 is 3.00 bits per heavy atom. The number of nitrogens with zero attached hydrogens (tertiary/aromatic N) is 2. The van der Waals surface area contributed by atoms with Crippen molar-refractivity contribution in [1.82, 2.24) is 9.97 Å². The molecule has 0 aliphatic heterocycles. The maximum atomic E-state index is 11.2. The second kappa shape index (κ2) is 5.00. The Bertz CT molecular complexity index is 350. The highest BCUT2D eigenvalue weighted by atomic mass is 35.5. The molecule has 0 aromatic carbocycles. The molecule has 0 amide bonds. The van der Waals surface area contributed by atoms with Crippen LogP contribution < -0.4 is 10.5 Å². The molecule has 1 aromatic heterocycles. The van der Waals surface area contributed by atoms with Crippen LogP contribution in [0, 0.1) is 0 Å². The summed E-state index contributed by atoms with van der Waals surface area (Å²) in [5, 5.41) is 0.158. The van der Waals surface area contributed by atoms with Crippen LogP contribution in [0.1, 0.15) is 19.8 Å². The van der Waals surface area contributed by atoms with E-state index >= 15 is 0 Å². The maximum absolute atomic E-state index is 11.2. The fourth-order valence-electron chi connectivity index (χ4n) is 1.14. The summed E-state index contributed by atoms with van der Waals surface area (Å²) >= 11 is 5.82. The average Bonchev–Trinajstić information content (AvgIpc) is 2.18.